The number of carbonyl (C=O) groups is 1. The van der Waals surface area contributed by atoms with Crippen LogP contribution in [-0.2, 0) is 0 Å². The van der Waals surface area contributed by atoms with E-state index in [1.807, 2.05) is 42.3 Å². The predicted octanol–water partition coefficient (Wildman–Crippen LogP) is 3.58. The van der Waals surface area contributed by atoms with Crippen LogP contribution in [0.5, 0.6) is 5.75 Å². The molecule has 5 rings (SSSR count). The summed E-state index contributed by atoms with van der Waals surface area (Å²) in [6.45, 7) is 4.50. The molecule has 1 aromatic heterocycles. The standard InChI is InChI=1S/C22H22N4O2/c1-13-18(12-28-20-6-4-3-5-19(20)26(13)2)23-22(27)21-16-11-15(14-7-8-14)9-10-17(16)24-25-21/h3-6,9-11,14,18H,1,7-8,12H2,2H3,(H,23,27)(H,24,25)/t18-/m0/s1. The summed E-state index contributed by atoms with van der Waals surface area (Å²) in [4.78, 5) is 15.0. The van der Waals surface area contributed by atoms with Gasteiger partial charge in [0.1, 0.15) is 18.4 Å². The summed E-state index contributed by atoms with van der Waals surface area (Å²) < 4.78 is 5.92. The van der Waals surface area contributed by atoms with Crippen LogP contribution < -0.4 is 15.0 Å². The molecule has 6 heteroatoms. The number of nitrogens with one attached hydrogen (secondary N) is 2. The SMILES string of the molecule is C=C1[C@@H](NC(=O)c2n[nH]c3ccc(C4CC4)cc23)COc2ccccc2N1C. The van der Waals surface area contributed by atoms with E-state index in [2.05, 4.69) is 34.2 Å². The topological polar surface area (TPSA) is 70.2 Å². The van der Waals surface area contributed by atoms with E-state index in [9.17, 15) is 4.79 Å². The van der Waals surface area contributed by atoms with Crippen LogP contribution in [0.15, 0.2) is 54.7 Å². The maximum Gasteiger partial charge on any atom is 0.273 e. The van der Waals surface area contributed by atoms with Crippen molar-refractivity contribution >= 4 is 22.5 Å². The lowest BCUT2D eigenvalue weighted by Gasteiger charge is -2.25. The van der Waals surface area contributed by atoms with Crippen LogP contribution in [0, 0.1) is 0 Å². The largest absolute Gasteiger partial charge is 0.489 e. The van der Waals surface area contributed by atoms with E-state index in [1.54, 1.807) is 0 Å². The van der Waals surface area contributed by atoms with E-state index in [0.717, 1.165) is 28.0 Å². The number of rotatable bonds is 3. The number of fused-ring (bicyclic) bond motifs is 2. The first-order chi connectivity index (χ1) is 13.6. The minimum absolute atomic E-state index is 0.228. The van der Waals surface area contributed by atoms with Gasteiger partial charge in [-0.2, -0.15) is 5.10 Å². The van der Waals surface area contributed by atoms with Gasteiger partial charge in [-0.15, -0.1) is 0 Å². The molecule has 0 radical (unpaired) electrons. The molecule has 1 aliphatic heterocycles. The first-order valence-electron chi connectivity index (χ1n) is 9.55. The molecule has 142 valence electrons. The third kappa shape index (κ3) is 2.81. The first kappa shape index (κ1) is 16.9. The number of aromatic amines is 1. The van der Waals surface area contributed by atoms with Crippen molar-refractivity contribution in [1.82, 2.24) is 15.5 Å². The lowest BCUT2D eigenvalue weighted by molar-refractivity contribution is 0.0928. The Bertz CT molecular complexity index is 1080. The number of anilines is 1. The zero-order chi connectivity index (χ0) is 19.3. The molecule has 0 bridgehead atoms. The van der Waals surface area contributed by atoms with E-state index >= 15 is 0 Å². The number of carbonyl (C=O) groups excluding carboxylic acids is 1. The Balaban J connectivity index is 1.40. The van der Waals surface area contributed by atoms with Gasteiger partial charge in [0.05, 0.1) is 11.2 Å². The highest BCUT2D eigenvalue weighted by molar-refractivity contribution is 6.05. The number of aromatic nitrogens is 2. The minimum atomic E-state index is -0.344. The zero-order valence-corrected chi connectivity index (χ0v) is 15.7. The number of nitrogens with zero attached hydrogens (tertiary/aromatic N) is 2. The molecule has 2 aliphatic rings. The van der Waals surface area contributed by atoms with Gasteiger partial charge in [0.2, 0.25) is 0 Å². The van der Waals surface area contributed by atoms with Gasteiger partial charge >= 0.3 is 0 Å². The second-order valence-corrected chi connectivity index (χ2v) is 7.51. The van der Waals surface area contributed by atoms with Crippen molar-refractivity contribution in [1.29, 1.82) is 0 Å². The van der Waals surface area contributed by atoms with Crippen molar-refractivity contribution in [3.63, 3.8) is 0 Å². The highest BCUT2D eigenvalue weighted by atomic mass is 16.5. The summed E-state index contributed by atoms with van der Waals surface area (Å²) in [5, 5.41) is 11.1. The van der Waals surface area contributed by atoms with Gasteiger partial charge < -0.3 is 15.0 Å². The van der Waals surface area contributed by atoms with Gasteiger partial charge in [-0.1, -0.05) is 24.8 Å². The minimum Gasteiger partial charge on any atom is -0.489 e. The Morgan fingerprint density at radius 2 is 2.11 bits per heavy atom. The second-order valence-electron chi connectivity index (χ2n) is 7.51. The molecule has 3 aromatic rings. The normalized spacial score (nSPS) is 19.1. The van der Waals surface area contributed by atoms with Gasteiger partial charge in [-0.05, 0) is 48.6 Å². The van der Waals surface area contributed by atoms with E-state index in [-0.39, 0.29) is 11.9 Å². The highest BCUT2D eigenvalue weighted by Gasteiger charge is 2.28. The number of likely N-dealkylation sites (N-methyl/N-ethyl adjacent to an activating group) is 1. The Labute approximate surface area is 163 Å². The molecular formula is C22H22N4O2. The molecule has 28 heavy (non-hydrogen) atoms. The number of benzene rings is 2. The Kier molecular flexibility index (Phi) is 3.86. The van der Waals surface area contributed by atoms with Crippen LogP contribution in [-0.4, -0.2) is 35.8 Å². The zero-order valence-electron chi connectivity index (χ0n) is 15.7. The van der Waals surface area contributed by atoms with Gasteiger partial charge in [0.25, 0.3) is 5.91 Å². The first-order valence-corrected chi connectivity index (χ1v) is 9.55. The van der Waals surface area contributed by atoms with E-state index in [4.69, 9.17) is 4.74 Å². The number of hydrogen-bond donors (Lipinski definition) is 2. The molecule has 2 N–H and O–H groups in total. The summed E-state index contributed by atoms with van der Waals surface area (Å²) in [5.74, 6) is 1.17. The summed E-state index contributed by atoms with van der Waals surface area (Å²) >= 11 is 0. The molecule has 1 fully saturated rings. The van der Waals surface area contributed by atoms with Crippen LogP contribution in [0.2, 0.25) is 0 Å². The third-order valence-corrected chi connectivity index (χ3v) is 5.62. The summed E-state index contributed by atoms with van der Waals surface area (Å²) in [6, 6.07) is 13.7. The Hall–Kier alpha value is -3.28. The molecule has 1 aliphatic carbocycles. The van der Waals surface area contributed by atoms with Crippen molar-refractivity contribution in [2.75, 3.05) is 18.6 Å². The van der Waals surface area contributed by atoms with E-state index in [1.165, 1.54) is 18.4 Å². The van der Waals surface area contributed by atoms with Crippen LogP contribution in [0.3, 0.4) is 0 Å². The maximum absolute atomic E-state index is 13.0. The number of hydrogen-bond acceptors (Lipinski definition) is 4. The highest BCUT2D eigenvalue weighted by Crippen LogP contribution is 2.41. The summed E-state index contributed by atoms with van der Waals surface area (Å²) in [7, 11) is 1.93. The van der Waals surface area contributed by atoms with Gasteiger partial charge in [0, 0.05) is 18.1 Å². The van der Waals surface area contributed by atoms with Gasteiger partial charge in [-0.25, -0.2) is 0 Å². The van der Waals surface area contributed by atoms with Crippen molar-refractivity contribution in [3.05, 3.63) is 66.0 Å². The molecule has 0 saturated heterocycles. The van der Waals surface area contributed by atoms with Gasteiger partial charge in [-0.3, -0.25) is 9.89 Å². The smallest absolute Gasteiger partial charge is 0.273 e. The van der Waals surface area contributed by atoms with E-state index < -0.39 is 0 Å². The molecule has 2 heterocycles. The molecule has 6 nitrogen and oxygen atoms in total. The third-order valence-electron chi connectivity index (χ3n) is 5.62. The lowest BCUT2D eigenvalue weighted by atomic mass is 10.1. The monoisotopic (exact) mass is 374 g/mol. The molecule has 0 unspecified atom stereocenters. The van der Waals surface area contributed by atoms with Crippen LogP contribution in [0.25, 0.3) is 10.9 Å². The molecule has 1 amide bonds. The van der Waals surface area contributed by atoms with Gasteiger partial charge in [0.15, 0.2) is 5.69 Å². The van der Waals surface area contributed by atoms with Crippen molar-refractivity contribution in [3.8, 4) is 5.75 Å². The Morgan fingerprint density at radius 3 is 2.93 bits per heavy atom. The van der Waals surface area contributed by atoms with E-state index in [0.29, 0.717) is 18.2 Å². The maximum atomic E-state index is 13.0. The molecular weight excluding hydrogens is 352 g/mol. The number of H-pyrrole nitrogens is 1. The predicted molar refractivity (Wildman–Crippen MR) is 109 cm³/mol. The Morgan fingerprint density at radius 1 is 1.29 bits per heavy atom. The quantitative estimate of drug-likeness (QED) is 0.735. The van der Waals surface area contributed by atoms with Crippen molar-refractivity contribution in [2.24, 2.45) is 0 Å². The number of para-hydroxylation sites is 2. The molecule has 1 atom stereocenters. The summed E-state index contributed by atoms with van der Waals surface area (Å²) in [5.41, 5.74) is 4.27. The van der Waals surface area contributed by atoms with Crippen molar-refractivity contribution in [2.45, 2.75) is 24.8 Å². The number of ether oxygens (including phenoxy) is 1. The van der Waals surface area contributed by atoms with Crippen LogP contribution >= 0.6 is 0 Å². The summed E-state index contributed by atoms with van der Waals surface area (Å²) in [6.07, 6.45) is 2.44. The fourth-order valence-corrected chi connectivity index (χ4v) is 3.74. The average molecular weight is 374 g/mol. The molecule has 1 saturated carbocycles. The molecule has 2 aromatic carbocycles. The fourth-order valence-electron chi connectivity index (χ4n) is 3.74. The second kappa shape index (κ2) is 6.41. The average Bonchev–Trinajstić information content (AvgIpc) is 3.49. The lowest BCUT2D eigenvalue weighted by Crippen LogP contribution is -2.43. The molecule has 0 spiro atoms. The van der Waals surface area contributed by atoms with Crippen LogP contribution in [0.1, 0.15) is 34.8 Å². The fraction of sp³-hybridized carbons (Fsp3) is 0.273. The van der Waals surface area contributed by atoms with Crippen molar-refractivity contribution < 1.29 is 9.53 Å². The van der Waals surface area contributed by atoms with Crippen LogP contribution in [0.4, 0.5) is 5.69 Å². The number of amides is 1.